The number of hydrogen-bond acceptors (Lipinski definition) is 3. The van der Waals surface area contributed by atoms with Gasteiger partial charge in [-0.1, -0.05) is 6.08 Å². The van der Waals surface area contributed by atoms with Gasteiger partial charge in [0.1, 0.15) is 0 Å². The lowest BCUT2D eigenvalue weighted by atomic mass is 10.1. The van der Waals surface area contributed by atoms with Gasteiger partial charge in [-0.3, -0.25) is 4.79 Å². The molecule has 0 bridgehead atoms. The molecule has 0 saturated carbocycles. The van der Waals surface area contributed by atoms with Gasteiger partial charge in [0.15, 0.2) is 5.11 Å². The molecule has 2 unspecified atom stereocenters. The summed E-state index contributed by atoms with van der Waals surface area (Å²) in [6.07, 6.45) is 1.89. The fraction of sp³-hybridized carbons (Fsp3) is 0.333. The number of rotatable bonds is 0. The van der Waals surface area contributed by atoms with E-state index in [1.54, 1.807) is 11.8 Å². The topological polar surface area (TPSA) is 41.1 Å². The number of nitrogens with one attached hydrogen (secondary N) is 2. The van der Waals surface area contributed by atoms with Gasteiger partial charge in [0.05, 0.1) is 11.3 Å². The first kappa shape index (κ1) is 7.12. The highest BCUT2D eigenvalue weighted by Gasteiger charge is 2.34. The van der Waals surface area contributed by atoms with Crippen molar-refractivity contribution in [1.29, 1.82) is 0 Å². The lowest BCUT2D eigenvalue weighted by Crippen LogP contribution is -2.55. The molecule has 0 aromatic rings. The number of fused-ring (bicyclic) bond motifs is 1. The molecule has 1 saturated heterocycles. The van der Waals surface area contributed by atoms with E-state index in [0.717, 1.165) is 0 Å². The van der Waals surface area contributed by atoms with Crippen LogP contribution < -0.4 is 10.6 Å². The summed E-state index contributed by atoms with van der Waals surface area (Å²) >= 11 is 6.42. The molecule has 0 radical (unpaired) electrons. The Morgan fingerprint density at radius 1 is 1.64 bits per heavy atom. The molecule has 0 aromatic carbocycles. The van der Waals surface area contributed by atoms with Gasteiger partial charge < -0.3 is 10.6 Å². The van der Waals surface area contributed by atoms with Crippen LogP contribution in [0.2, 0.25) is 0 Å². The minimum Gasteiger partial charge on any atom is -0.349 e. The van der Waals surface area contributed by atoms with E-state index in [9.17, 15) is 4.79 Å². The van der Waals surface area contributed by atoms with Crippen LogP contribution >= 0.6 is 24.0 Å². The van der Waals surface area contributed by atoms with E-state index in [-0.39, 0.29) is 17.2 Å². The highest BCUT2D eigenvalue weighted by molar-refractivity contribution is 8.03. The van der Waals surface area contributed by atoms with E-state index in [2.05, 4.69) is 10.6 Å². The monoisotopic (exact) mass is 186 g/mol. The van der Waals surface area contributed by atoms with Crippen molar-refractivity contribution in [3.8, 4) is 0 Å². The van der Waals surface area contributed by atoms with Gasteiger partial charge >= 0.3 is 0 Å². The van der Waals surface area contributed by atoms with Crippen LogP contribution in [0.1, 0.15) is 0 Å². The predicted molar refractivity (Wildman–Crippen MR) is 47.9 cm³/mol. The SMILES string of the molecule is O=C1NC(=S)NC2SC=CC12. The lowest BCUT2D eigenvalue weighted by molar-refractivity contribution is -0.122. The zero-order valence-corrected chi connectivity index (χ0v) is 7.17. The van der Waals surface area contributed by atoms with Crippen molar-refractivity contribution in [1.82, 2.24) is 10.6 Å². The fourth-order valence-corrected chi connectivity index (χ4v) is 2.41. The minimum absolute atomic E-state index is 0.000000000000000222. The molecule has 2 aliphatic heterocycles. The molecule has 2 atom stereocenters. The van der Waals surface area contributed by atoms with Crippen molar-refractivity contribution in [2.24, 2.45) is 5.92 Å². The van der Waals surface area contributed by atoms with Crippen molar-refractivity contribution in [3.05, 3.63) is 11.5 Å². The number of carbonyl (C=O) groups is 1. The second kappa shape index (κ2) is 2.49. The standard InChI is InChI=1S/C6H6N2OS2/c9-4-3-1-2-11-5(3)8-6(10)7-4/h1-3,5H,(H2,7,8,9,10). The lowest BCUT2D eigenvalue weighted by Gasteiger charge is -2.26. The Balaban J connectivity index is 2.21. The predicted octanol–water partition coefficient (Wildman–Crippen LogP) is 0.193. The first-order chi connectivity index (χ1) is 5.27. The summed E-state index contributed by atoms with van der Waals surface area (Å²) in [7, 11) is 0. The second-order valence-electron chi connectivity index (χ2n) is 2.37. The maximum Gasteiger partial charge on any atom is 0.236 e. The van der Waals surface area contributed by atoms with Gasteiger partial charge in [-0.2, -0.15) is 0 Å². The number of thioether (sulfide) groups is 1. The molecule has 2 N–H and O–H groups in total. The van der Waals surface area contributed by atoms with Crippen LogP contribution in [0.4, 0.5) is 0 Å². The summed E-state index contributed by atoms with van der Waals surface area (Å²) < 4.78 is 0. The van der Waals surface area contributed by atoms with Crippen molar-refractivity contribution in [2.75, 3.05) is 0 Å². The van der Waals surface area contributed by atoms with Crippen LogP contribution in [0.5, 0.6) is 0 Å². The van der Waals surface area contributed by atoms with Crippen LogP contribution in [-0.4, -0.2) is 16.4 Å². The average Bonchev–Trinajstić information content (AvgIpc) is 2.34. The van der Waals surface area contributed by atoms with Crippen LogP contribution in [0.3, 0.4) is 0 Å². The molecule has 58 valence electrons. The molecule has 11 heavy (non-hydrogen) atoms. The first-order valence-electron chi connectivity index (χ1n) is 3.21. The van der Waals surface area contributed by atoms with Gasteiger partial charge in [-0.15, -0.1) is 11.8 Å². The van der Waals surface area contributed by atoms with E-state index >= 15 is 0 Å². The Morgan fingerprint density at radius 2 is 2.45 bits per heavy atom. The van der Waals surface area contributed by atoms with Crippen LogP contribution in [0.25, 0.3) is 0 Å². The molecule has 3 nitrogen and oxygen atoms in total. The third-order valence-electron chi connectivity index (χ3n) is 1.65. The molecule has 1 amide bonds. The Labute approximate surface area is 73.6 Å². The molecular formula is C6H6N2OS2. The molecule has 1 fully saturated rings. The summed E-state index contributed by atoms with van der Waals surface area (Å²) in [5, 5.41) is 8.06. The van der Waals surface area contributed by atoms with Gasteiger partial charge in [0.25, 0.3) is 0 Å². The first-order valence-corrected chi connectivity index (χ1v) is 4.56. The maximum absolute atomic E-state index is 11.2. The number of amides is 1. The summed E-state index contributed by atoms with van der Waals surface area (Å²) in [6, 6.07) is 0. The van der Waals surface area contributed by atoms with Crippen molar-refractivity contribution in [3.63, 3.8) is 0 Å². The van der Waals surface area contributed by atoms with Gasteiger partial charge in [-0.05, 0) is 17.6 Å². The largest absolute Gasteiger partial charge is 0.349 e. The summed E-state index contributed by atoms with van der Waals surface area (Å²) in [5.41, 5.74) is 0. The molecule has 5 heteroatoms. The Kier molecular flexibility index (Phi) is 1.61. The fourth-order valence-electron chi connectivity index (χ4n) is 1.11. The minimum atomic E-state index is -0.0494. The number of hydrogen-bond donors (Lipinski definition) is 2. The smallest absolute Gasteiger partial charge is 0.236 e. The van der Waals surface area contributed by atoms with E-state index in [1.165, 1.54) is 0 Å². The van der Waals surface area contributed by atoms with Crippen LogP contribution in [0, 0.1) is 5.92 Å². The second-order valence-corrected chi connectivity index (χ2v) is 3.83. The van der Waals surface area contributed by atoms with Crippen molar-refractivity contribution >= 4 is 35.0 Å². The van der Waals surface area contributed by atoms with E-state index < -0.39 is 0 Å². The Hall–Kier alpha value is -0.550. The van der Waals surface area contributed by atoms with Gasteiger partial charge in [0.2, 0.25) is 5.91 Å². The summed E-state index contributed by atoms with van der Waals surface area (Å²) in [4.78, 5) is 11.2. The summed E-state index contributed by atoms with van der Waals surface area (Å²) in [6.45, 7) is 0. The number of carbonyl (C=O) groups excluding carboxylic acids is 1. The zero-order valence-electron chi connectivity index (χ0n) is 5.53. The molecule has 2 aliphatic rings. The third kappa shape index (κ3) is 1.14. The third-order valence-corrected chi connectivity index (χ3v) is 2.89. The molecule has 0 spiro atoms. The average molecular weight is 186 g/mol. The quantitative estimate of drug-likeness (QED) is 0.530. The Bertz CT molecular complexity index is 251. The summed E-state index contributed by atoms with van der Waals surface area (Å²) in [5.74, 6) is -0.0494. The highest BCUT2D eigenvalue weighted by atomic mass is 32.2. The van der Waals surface area contributed by atoms with Crippen LogP contribution in [-0.2, 0) is 4.79 Å². The van der Waals surface area contributed by atoms with E-state index in [0.29, 0.717) is 5.11 Å². The Morgan fingerprint density at radius 3 is 3.27 bits per heavy atom. The maximum atomic E-state index is 11.2. The molecule has 2 rings (SSSR count). The normalized spacial score (nSPS) is 34.5. The van der Waals surface area contributed by atoms with Gasteiger partial charge in [0, 0.05) is 0 Å². The van der Waals surface area contributed by atoms with Crippen molar-refractivity contribution in [2.45, 2.75) is 5.37 Å². The molecular weight excluding hydrogens is 180 g/mol. The van der Waals surface area contributed by atoms with E-state index in [1.807, 2.05) is 11.5 Å². The van der Waals surface area contributed by atoms with Crippen molar-refractivity contribution < 1.29 is 4.79 Å². The molecule has 2 heterocycles. The molecule has 0 aliphatic carbocycles. The van der Waals surface area contributed by atoms with Gasteiger partial charge in [-0.25, -0.2) is 0 Å². The molecule has 0 aromatic heterocycles. The number of thiocarbonyl (C=S) groups is 1. The zero-order chi connectivity index (χ0) is 7.84. The van der Waals surface area contributed by atoms with Crippen LogP contribution in [0.15, 0.2) is 11.5 Å². The van der Waals surface area contributed by atoms with E-state index in [4.69, 9.17) is 12.2 Å². The highest BCUT2D eigenvalue weighted by Crippen LogP contribution is 2.29.